The lowest BCUT2D eigenvalue weighted by Crippen LogP contribution is -2.27. The summed E-state index contributed by atoms with van der Waals surface area (Å²) in [4.78, 5) is 25.6. The van der Waals surface area contributed by atoms with Crippen LogP contribution in [0.4, 0.5) is 5.69 Å². The molecular weight excluding hydrogens is 378 g/mol. The number of methoxy groups -OCH3 is 1. The van der Waals surface area contributed by atoms with Crippen LogP contribution in [0.3, 0.4) is 0 Å². The smallest absolute Gasteiger partial charge is 0.340 e. The number of anilines is 1. The van der Waals surface area contributed by atoms with Crippen molar-refractivity contribution in [3.05, 3.63) is 28.2 Å². The number of amides is 1. The third kappa shape index (κ3) is 2.84. The number of para-hydroxylation sites is 1. The van der Waals surface area contributed by atoms with Crippen molar-refractivity contribution >= 4 is 49.4 Å². The minimum absolute atomic E-state index is 0.0292. The molecule has 1 heterocycles. The van der Waals surface area contributed by atoms with Gasteiger partial charge in [0.05, 0.1) is 18.4 Å². The molecule has 0 N–H and O–H groups in total. The van der Waals surface area contributed by atoms with E-state index in [0.717, 1.165) is 9.80 Å². The third-order valence-electron chi connectivity index (χ3n) is 3.09. The fourth-order valence-corrected chi connectivity index (χ4v) is 3.18. The van der Waals surface area contributed by atoms with Crippen LogP contribution in [-0.2, 0) is 9.53 Å². The zero-order valence-electron chi connectivity index (χ0n) is 10.4. The number of carbonyl (C=O) groups excluding carboxylic acids is 2. The zero-order valence-corrected chi connectivity index (χ0v) is 13.5. The molecular formula is C13H13Br2NO3. The number of benzene rings is 1. The first kappa shape index (κ1) is 14.5. The van der Waals surface area contributed by atoms with E-state index in [1.165, 1.54) is 7.11 Å². The van der Waals surface area contributed by atoms with Gasteiger partial charge in [0, 0.05) is 22.8 Å². The van der Waals surface area contributed by atoms with E-state index < -0.39 is 5.97 Å². The highest BCUT2D eigenvalue weighted by Gasteiger charge is 2.33. The Morgan fingerprint density at radius 2 is 2.26 bits per heavy atom. The molecule has 1 aliphatic heterocycles. The monoisotopic (exact) mass is 389 g/mol. The van der Waals surface area contributed by atoms with Crippen molar-refractivity contribution in [2.45, 2.75) is 6.42 Å². The van der Waals surface area contributed by atoms with E-state index in [9.17, 15) is 9.59 Å². The number of esters is 1. The van der Waals surface area contributed by atoms with Crippen LogP contribution in [-0.4, -0.2) is 30.9 Å². The maximum atomic E-state index is 12.1. The molecule has 0 saturated carbocycles. The second-order valence-electron chi connectivity index (χ2n) is 4.36. The summed E-state index contributed by atoms with van der Waals surface area (Å²) in [6.07, 6.45) is 0.493. The predicted octanol–water partition coefficient (Wildman–Crippen LogP) is 2.98. The summed E-state index contributed by atoms with van der Waals surface area (Å²) in [6.45, 7) is 0.608. The number of nitrogens with zero attached hydrogens (tertiary/aromatic N) is 1. The normalized spacial score (nSPS) is 18.8. The number of carbonyl (C=O) groups is 2. The number of alkyl halides is 1. The van der Waals surface area contributed by atoms with Crippen molar-refractivity contribution in [2.75, 3.05) is 23.9 Å². The van der Waals surface area contributed by atoms with Crippen LogP contribution >= 0.6 is 31.9 Å². The Morgan fingerprint density at radius 3 is 2.84 bits per heavy atom. The molecule has 6 heteroatoms. The summed E-state index contributed by atoms with van der Waals surface area (Å²) in [6, 6.07) is 5.24. The highest BCUT2D eigenvalue weighted by Crippen LogP contribution is 2.35. The molecule has 1 saturated heterocycles. The molecule has 1 atom stereocenters. The van der Waals surface area contributed by atoms with Gasteiger partial charge in [0.1, 0.15) is 0 Å². The van der Waals surface area contributed by atoms with Crippen molar-refractivity contribution in [2.24, 2.45) is 5.92 Å². The van der Waals surface area contributed by atoms with Gasteiger partial charge in [-0.25, -0.2) is 4.79 Å². The first-order valence-electron chi connectivity index (χ1n) is 5.81. The molecule has 19 heavy (non-hydrogen) atoms. The van der Waals surface area contributed by atoms with E-state index >= 15 is 0 Å². The van der Waals surface area contributed by atoms with Gasteiger partial charge in [-0.2, -0.15) is 0 Å². The first-order chi connectivity index (χ1) is 9.08. The first-order valence-corrected chi connectivity index (χ1v) is 7.73. The third-order valence-corrected chi connectivity index (χ3v) is 4.64. The van der Waals surface area contributed by atoms with Crippen molar-refractivity contribution in [3.8, 4) is 0 Å². The van der Waals surface area contributed by atoms with E-state index in [-0.39, 0.29) is 11.8 Å². The van der Waals surface area contributed by atoms with Gasteiger partial charge < -0.3 is 9.64 Å². The average molecular weight is 391 g/mol. The summed E-state index contributed by atoms with van der Waals surface area (Å²) in [5.41, 5.74) is 1.00. The summed E-state index contributed by atoms with van der Waals surface area (Å²) in [5, 5.41) is 0.771. The van der Waals surface area contributed by atoms with Gasteiger partial charge in [-0.1, -0.05) is 22.0 Å². The number of hydrogen-bond donors (Lipinski definition) is 0. The number of rotatable bonds is 3. The highest BCUT2D eigenvalue weighted by molar-refractivity contribution is 9.10. The average Bonchev–Trinajstić information content (AvgIpc) is 2.78. The zero-order chi connectivity index (χ0) is 14.0. The van der Waals surface area contributed by atoms with E-state index in [1.807, 2.05) is 6.07 Å². The molecule has 2 rings (SSSR count). The summed E-state index contributed by atoms with van der Waals surface area (Å²) in [5.74, 6) is -0.141. The Labute approximate surface area is 128 Å². The van der Waals surface area contributed by atoms with Gasteiger partial charge in [0.25, 0.3) is 0 Å². The predicted molar refractivity (Wildman–Crippen MR) is 79.7 cm³/mol. The number of ether oxygens (including phenoxy) is 1. The number of hydrogen-bond acceptors (Lipinski definition) is 3. The Bertz CT molecular complexity index is 519. The molecule has 1 aromatic rings. The van der Waals surface area contributed by atoms with Crippen molar-refractivity contribution in [1.29, 1.82) is 0 Å². The minimum Gasteiger partial charge on any atom is -0.465 e. The van der Waals surface area contributed by atoms with Crippen LogP contribution in [0, 0.1) is 5.92 Å². The molecule has 0 radical (unpaired) electrons. The van der Waals surface area contributed by atoms with Gasteiger partial charge in [0.15, 0.2) is 0 Å². The topological polar surface area (TPSA) is 46.6 Å². The molecule has 1 amide bonds. The molecule has 1 unspecified atom stereocenters. The Balaban J connectivity index is 2.44. The van der Waals surface area contributed by atoms with Crippen LogP contribution in [0.15, 0.2) is 22.7 Å². The molecule has 1 aromatic carbocycles. The van der Waals surface area contributed by atoms with Crippen molar-refractivity contribution in [3.63, 3.8) is 0 Å². The van der Waals surface area contributed by atoms with Crippen LogP contribution in [0.25, 0.3) is 0 Å². The highest BCUT2D eigenvalue weighted by atomic mass is 79.9. The molecule has 0 bridgehead atoms. The van der Waals surface area contributed by atoms with Crippen LogP contribution < -0.4 is 4.90 Å². The number of halogens is 2. The lowest BCUT2D eigenvalue weighted by atomic mass is 10.1. The van der Waals surface area contributed by atoms with E-state index in [0.29, 0.717) is 24.2 Å². The molecule has 4 nitrogen and oxygen atoms in total. The van der Waals surface area contributed by atoms with Gasteiger partial charge in [-0.15, -0.1) is 0 Å². The molecule has 102 valence electrons. The maximum absolute atomic E-state index is 12.1. The fraction of sp³-hybridized carbons (Fsp3) is 0.385. The second-order valence-corrected chi connectivity index (χ2v) is 5.86. The van der Waals surface area contributed by atoms with E-state index in [2.05, 4.69) is 31.9 Å². The summed E-state index contributed by atoms with van der Waals surface area (Å²) < 4.78 is 5.49. The van der Waals surface area contributed by atoms with Crippen LogP contribution in [0.1, 0.15) is 16.8 Å². The molecule has 1 fully saturated rings. The summed E-state index contributed by atoms with van der Waals surface area (Å²) >= 11 is 6.81. The Hall–Kier alpha value is -0.880. The Morgan fingerprint density at radius 1 is 1.53 bits per heavy atom. The lowest BCUT2D eigenvalue weighted by Gasteiger charge is -2.20. The van der Waals surface area contributed by atoms with Gasteiger partial charge in [-0.05, 0) is 34.0 Å². The largest absolute Gasteiger partial charge is 0.465 e. The van der Waals surface area contributed by atoms with E-state index in [4.69, 9.17) is 4.74 Å². The molecule has 0 spiro atoms. The minimum atomic E-state index is -0.439. The maximum Gasteiger partial charge on any atom is 0.340 e. The molecule has 0 aliphatic carbocycles. The molecule has 0 aromatic heterocycles. The fourth-order valence-electron chi connectivity index (χ4n) is 2.17. The lowest BCUT2D eigenvalue weighted by molar-refractivity contribution is -0.117. The van der Waals surface area contributed by atoms with Crippen LogP contribution in [0.5, 0.6) is 0 Å². The standard InChI is InChI=1S/C13H13Br2NO3/c1-19-13(18)9-3-2-4-10(15)12(9)16-7-8(6-14)5-11(16)17/h2-4,8H,5-7H2,1H3. The van der Waals surface area contributed by atoms with Crippen LogP contribution in [0.2, 0.25) is 0 Å². The molecule has 1 aliphatic rings. The SMILES string of the molecule is COC(=O)c1cccc(Br)c1N1CC(CBr)CC1=O. The second kappa shape index (κ2) is 6.05. The summed E-state index contributed by atoms with van der Waals surface area (Å²) in [7, 11) is 1.33. The Kier molecular flexibility index (Phi) is 4.62. The van der Waals surface area contributed by atoms with Gasteiger partial charge in [0.2, 0.25) is 5.91 Å². The quantitative estimate of drug-likeness (QED) is 0.588. The van der Waals surface area contributed by atoms with Gasteiger partial charge >= 0.3 is 5.97 Å². The van der Waals surface area contributed by atoms with Crippen molar-refractivity contribution < 1.29 is 14.3 Å². The van der Waals surface area contributed by atoms with Gasteiger partial charge in [-0.3, -0.25) is 4.79 Å². The van der Waals surface area contributed by atoms with E-state index in [1.54, 1.807) is 17.0 Å². The van der Waals surface area contributed by atoms with Crippen molar-refractivity contribution in [1.82, 2.24) is 0 Å².